The van der Waals surface area contributed by atoms with Crippen LogP contribution in [-0.4, -0.2) is 74.1 Å². The highest BCUT2D eigenvalue weighted by atomic mass is 16.5. The van der Waals surface area contributed by atoms with Crippen LogP contribution in [0.2, 0.25) is 0 Å². The first-order valence-corrected chi connectivity index (χ1v) is 7.94. The molecule has 3 aliphatic rings. The van der Waals surface area contributed by atoms with Crippen molar-refractivity contribution in [3.63, 3.8) is 0 Å². The summed E-state index contributed by atoms with van der Waals surface area (Å²) in [6, 6.07) is 0. The van der Waals surface area contributed by atoms with Crippen LogP contribution in [0.4, 0.5) is 0 Å². The number of amides is 2. The molecule has 3 rings (SSSR count). The van der Waals surface area contributed by atoms with Gasteiger partial charge in [-0.15, -0.1) is 0 Å². The molecule has 6 heteroatoms. The first-order chi connectivity index (χ1) is 10.1. The Morgan fingerprint density at radius 2 is 2.29 bits per heavy atom. The van der Waals surface area contributed by atoms with E-state index >= 15 is 0 Å². The Balaban J connectivity index is 1.45. The molecule has 3 fully saturated rings. The third-order valence-corrected chi connectivity index (χ3v) is 5.28. The van der Waals surface area contributed by atoms with Crippen LogP contribution in [0.5, 0.6) is 0 Å². The number of carbonyl (C=O) groups excluding carboxylic acids is 2. The molecule has 1 aliphatic carbocycles. The SMILES string of the molecule is CN1CCN(CC(=O)NC[C@@]23CCC[C@@H]2OCC3)CC1=O. The number of carbonyl (C=O) groups is 2. The van der Waals surface area contributed by atoms with Gasteiger partial charge in [-0.1, -0.05) is 6.42 Å². The third kappa shape index (κ3) is 3.06. The Hall–Kier alpha value is -1.14. The van der Waals surface area contributed by atoms with Crippen LogP contribution in [0.1, 0.15) is 25.7 Å². The van der Waals surface area contributed by atoms with E-state index in [1.165, 1.54) is 6.42 Å². The van der Waals surface area contributed by atoms with Gasteiger partial charge in [-0.2, -0.15) is 0 Å². The van der Waals surface area contributed by atoms with Crippen molar-refractivity contribution in [2.45, 2.75) is 31.8 Å². The molecule has 0 aromatic rings. The van der Waals surface area contributed by atoms with Crippen LogP contribution < -0.4 is 5.32 Å². The smallest absolute Gasteiger partial charge is 0.236 e. The van der Waals surface area contributed by atoms with Gasteiger partial charge in [-0.3, -0.25) is 14.5 Å². The van der Waals surface area contributed by atoms with Crippen LogP contribution in [-0.2, 0) is 14.3 Å². The Morgan fingerprint density at radius 1 is 1.43 bits per heavy atom. The van der Waals surface area contributed by atoms with Crippen molar-refractivity contribution in [2.75, 3.05) is 46.4 Å². The van der Waals surface area contributed by atoms with Crippen molar-refractivity contribution in [3.8, 4) is 0 Å². The fourth-order valence-electron chi connectivity index (χ4n) is 3.82. The van der Waals surface area contributed by atoms with Crippen molar-refractivity contribution < 1.29 is 14.3 Å². The van der Waals surface area contributed by atoms with Crippen molar-refractivity contribution in [1.82, 2.24) is 15.1 Å². The highest BCUT2D eigenvalue weighted by Gasteiger charge is 2.47. The molecule has 2 heterocycles. The summed E-state index contributed by atoms with van der Waals surface area (Å²) in [5.74, 6) is 0.118. The predicted molar refractivity (Wildman–Crippen MR) is 77.7 cm³/mol. The van der Waals surface area contributed by atoms with Crippen LogP contribution in [0.15, 0.2) is 0 Å². The van der Waals surface area contributed by atoms with E-state index in [4.69, 9.17) is 4.74 Å². The van der Waals surface area contributed by atoms with E-state index in [1.807, 2.05) is 4.90 Å². The van der Waals surface area contributed by atoms with E-state index in [-0.39, 0.29) is 17.2 Å². The van der Waals surface area contributed by atoms with Crippen molar-refractivity contribution in [1.29, 1.82) is 0 Å². The summed E-state index contributed by atoms with van der Waals surface area (Å²) in [5, 5.41) is 3.07. The van der Waals surface area contributed by atoms with Crippen LogP contribution >= 0.6 is 0 Å². The summed E-state index contributed by atoms with van der Waals surface area (Å²) in [6.45, 7) is 3.69. The highest BCUT2D eigenvalue weighted by molar-refractivity contribution is 5.81. The fourth-order valence-corrected chi connectivity index (χ4v) is 3.82. The summed E-state index contributed by atoms with van der Waals surface area (Å²) in [5.41, 5.74) is 0.174. The molecule has 0 unspecified atom stereocenters. The molecule has 2 saturated heterocycles. The molecule has 0 aromatic carbocycles. The van der Waals surface area contributed by atoms with E-state index in [0.717, 1.165) is 39.0 Å². The lowest BCUT2D eigenvalue weighted by Crippen LogP contribution is -2.52. The second kappa shape index (κ2) is 5.93. The zero-order chi connectivity index (χ0) is 14.9. The molecule has 2 amide bonds. The minimum absolute atomic E-state index is 0.0271. The number of rotatable bonds is 4. The molecule has 0 spiro atoms. The molecule has 2 aliphatic heterocycles. The second-order valence-corrected chi connectivity index (χ2v) is 6.67. The van der Waals surface area contributed by atoms with Crippen molar-refractivity contribution >= 4 is 11.8 Å². The highest BCUT2D eigenvalue weighted by Crippen LogP contribution is 2.46. The van der Waals surface area contributed by atoms with Gasteiger partial charge in [0.25, 0.3) is 0 Å². The van der Waals surface area contributed by atoms with Gasteiger partial charge >= 0.3 is 0 Å². The minimum Gasteiger partial charge on any atom is -0.378 e. The first-order valence-electron chi connectivity index (χ1n) is 7.94. The van der Waals surface area contributed by atoms with Gasteiger partial charge in [0.15, 0.2) is 0 Å². The molecule has 6 nitrogen and oxygen atoms in total. The molecule has 0 bridgehead atoms. The van der Waals surface area contributed by atoms with Gasteiger partial charge in [0, 0.05) is 38.7 Å². The summed E-state index contributed by atoms with van der Waals surface area (Å²) in [6.07, 6.45) is 4.88. The molecule has 1 N–H and O–H groups in total. The minimum atomic E-state index is 0.0271. The lowest BCUT2D eigenvalue weighted by atomic mass is 9.83. The number of hydrogen-bond donors (Lipinski definition) is 1. The number of piperazine rings is 1. The Kier molecular flexibility index (Phi) is 4.17. The number of hydrogen-bond acceptors (Lipinski definition) is 4. The molecular formula is C15H25N3O3. The maximum atomic E-state index is 12.1. The third-order valence-electron chi connectivity index (χ3n) is 5.28. The Bertz CT molecular complexity index is 416. The topological polar surface area (TPSA) is 61.9 Å². The predicted octanol–water partition coefficient (Wildman–Crippen LogP) is -0.164. The van der Waals surface area contributed by atoms with Gasteiger partial charge < -0.3 is 15.0 Å². The quantitative estimate of drug-likeness (QED) is 0.782. The van der Waals surface area contributed by atoms with Gasteiger partial charge in [0.2, 0.25) is 11.8 Å². The summed E-state index contributed by atoms with van der Waals surface area (Å²) >= 11 is 0. The summed E-state index contributed by atoms with van der Waals surface area (Å²) < 4.78 is 5.78. The van der Waals surface area contributed by atoms with E-state index in [0.29, 0.717) is 25.7 Å². The lowest BCUT2D eigenvalue weighted by molar-refractivity contribution is -0.135. The van der Waals surface area contributed by atoms with E-state index in [2.05, 4.69) is 5.32 Å². The molecule has 21 heavy (non-hydrogen) atoms. The van der Waals surface area contributed by atoms with Crippen molar-refractivity contribution in [2.24, 2.45) is 5.41 Å². The number of nitrogens with one attached hydrogen (secondary N) is 1. The molecule has 118 valence electrons. The van der Waals surface area contributed by atoms with Gasteiger partial charge in [0.1, 0.15) is 0 Å². The van der Waals surface area contributed by atoms with E-state index in [9.17, 15) is 9.59 Å². The summed E-state index contributed by atoms with van der Waals surface area (Å²) in [7, 11) is 1.80. The zero-order valence-electron chi connectivity index (χ0n) is 12.8. The maximum Gasteiger partial charge on any atom is 0.236 e. The largest absolute Gasteiger partial charge is 0.378 e. The van der Waals surface area contributed by atoms with Crippen LogP contribution in [0.3, 0.4) is 0 Å². The van der Waals surface area contributed by atoms with Crippen molar-refractivity contribution in [3.05, 3.63) is 0 Å². The van der Waals surface area contributed by atoms with Crippen LogP contribution in [0, 0.1) is 5.41 Å². The molecule has 2 atom stereocenters. The van der Waals surface area contributed by atoms with Gasteiger partial charge in [0.05, 0.1) is 19.2 Å². The van der Waals surface area contributed by atoms with Gasteiger partial charge in [-0.25, -0.2) is 0 Å². The average molecular weight is 295 g/mol. The normalized spacial score (nSPS) is 33.3. The van der Waals surface area contributed by atoms with Crippen LogP contribution in [0.25, 0.3) is 0 Å². The number of ether oxygens (including phenoxy) is 1. The monoisotopic (exact) mass is 295 g/mol. The maximum absolute atomic E-state index is 12.1. The number of nitrogens with zero attached hydrogens (tertiary/aromatic N) is 2. The molecule has 0 aromatic heterocycles. The van der Waals surface area contributed by atoms with Gasteiger partial charge in [-0.05, 0) is 19.3 Å². The fraction of sp³-hybridized carbons (Fsp3) is 0.867. The Morgan fingerprint density at radius 3 is 3.10 bits per heavy atom. The first kappa shape index (κ1) is 14.8. The lowest BCUT2D eigenvalue weighted by Gasteiger charge is -2.32. The zero-order valence-corrected chi connectivity index (χ0v) is 12.8. The molecule has 0 radical (unpaired) electrons. The summed E-state index contributed by atoms with van der Waals surface area (Å²) in [4.78, 5) is 27.4. The van der Waals surface area contributed by atoms with E-state index < -0.39 is 0 Å². The number of fused-ring (bicyclic) bond motifs is 1. The molecule has 1 saturated carbocycles. The Labute approximate surface area is 125 Å². The second-order valence-electron chi connectivity index (χ2n) is 6.67. The average Bonchev–Trinajstić information content (AvgIpc) is 3.00. The standard InChI is InChI=1S/C15H25N3O3/c1-17-6-7-18(10-14(17)20)9-13(19)16-11-15-4-2-3-12(15)21-8-5-15/h12H,2-11H2,1H3,(H,16,19)/t12-,15-/m0/s1. The molecular weight excluding hydrogens is 270 g/mol. The number of likely N-dealkylation sites (N-methyl/N-ethyl adjacent to an activating group) is 1. The van der Waals surface area contributed by atoms with E-state index in [1.54, 1.807) is 11.9 Å².